The van der Waals surface area contributed by atoms with Crippen LogP contribution in [0.1, 0.15) is 38.4 Å². The molecule has 1 aliphatic carbocycles. The highest BCUT2D eigenvalue weighted by Crippen LogP contribution is 2.35. The van der Waals surface area contributed by atoms with E-state index in [9.17, 15) is 0 Å². The molecule has 0 unspecified atom stereocenters. The maximum absolute atomic E-state index is 4.66. The summed E-state index contributed by atoms with van der Waals surface area (Å²) in [6.45, 7) is 4.23. The molecule has 1 fully saturated rings. The molecule has 128 valence electrons. The number of nitrogens with one attached hydrogen (secondary N) is 1. The van der Waals surface area contributed by atoms with Crippen LogP contribution >= 0.6 is 11.3 Å². The highest BCUT2D eigenvalue weighted by atomic mass is 32.1. The van der Waals surface area contributed by atoms with Crippen molar-refractivity contribution in [2.45, 2.75) is 39.5 Å². The summed E-state index contributed by atoms with van der Waals surface area (Å²) in [6, 6.07) is 12.6. The molecule has 1 atom stereocenters. The zero-order valence-electron chi connectivity index (χ0n) is 14.6. The molecule has 0 bridgehead atoms. The smallest absolute Gasteiger partial charge is 0.158 e. The van der Waals surface area contributed by atoms with Gasteiger partial charge >= 0.3 is 0 Å². The number of rotatable bonds is 3. The van der Waals surface area contributed by atoms with Crippen LogP contribution in [0, 0.1) is 12.8 Å². The normalized spacial score (nSPS) is 19.4. The monoisotopic (exact) mass is 350 g/mol. The number of hydrazone groups is 1. The van der Waals surface area contributed by atoms with E-state index in [1.165, 1.54) is 29.0 Å². The Morgan fingerprint density at radius 2 is 2.04 bits per heavy atom. The Balaban J connectivity index is 1.68. The molecule has 0 saturated heterocycles. The summed E-state index contributed by atoms with van der Waals surface area (Å²) in [5.41, 5.74) is 5.69. The Hall–Kier alpha value is -2.27. The second kappa shape index (κ2) is 6.92. The fourth-order valence-electron chi connectivity index (χ4n) is 3.35. The van der Waals surface area contributed by atoms with Gasteiger partial charge in [-0.15, -0.1) is 11.3 Å². The summed E-state index contributed by atoms with van der Waals surface area (Å²) in [7, 11) is 0. The zero-order chi connectivity index (χ0) is 17.2. The van der Waals surface area contributed by atoms with E-state index in [-0.39, 0.29) is 0 Å². The van der Waals surface area contributed by atoms with Gasteiger partial charge in [0.05, 0.1) is 5.39 Å². The lowest BCUT2D eigenvalue weighted by Crippen LogP contribution is -2.14. The van der Waals surface area contributed by atoms with Crippen molar-refractivity contribution in [2.75, 3.05) is 5.43 Å². The largest absolute Gasteiger partial charge is 0.261 e. The minimum absolute atomic E-state index is 0.729. The highest BCUT2D eigenvalue weighted by Gasteiger charge is 2.15. The van der Waals surface area contributed by atoms with E-state index in [0.717, 1.165) is 40.6 Å². The number of aromatic nitrogens is 2. The average molecular weight is 350 g/mol. The number of hydrogen-bond donors (Lipinski definition) is 1. The van der Waals surface area contributed by atoms with Gasteiger partial charge in [0.1, 0.15) is 10.7 Å². The first-order chi connectivity index (χ1) is 12.2. The van der Waals surface area contributed by atoms with E-state index in [1.807, 2.05) is 13.0 Å². The van der Waals surface area contributed by atoms with Crippen molar-refractivity contribution in [3.63, 3.8) is 0 Å². The van der Waals surface area contributed by atoms with Gasteiger partial charge in [0.25, 0.3) is 0 Å². The number of anilines is 1. The van der Waals surface area contributed by atoms with Crippen LogP contribution in [0.25, 0.3) is 20.7 Å². The standard InChI is InChI=1S/C20H22N4S/c1-13-7-6-10-16(11-13)23-24-19-17-12-18(15-8-4-3-5-9-15)25-20(17)22-14(2)21-19/h3-5,8-9,12-13H,6-7,10-11H2,1-2H3,(H,21,22,24)/b23-16+/t13-/m0/s1. The number of nitrogens with zero attached hydrogens (tertiary/aromatic N) is 3. The molecule has 1 aliphatic rings. The predicted octanol–water partition coefficient (Wildman–Crippen LogP) is 5.64. The highest BCUT2D eigenvalue weighted by molar-refractivity contribution is 7.21. The van der Waals surface area contributed by atoms with Gasteiger partial charge in [-0.05, 0) is 50.2 Å². The first kappa shape index (κ1) is 16.2. The van der Waals surface area contributed by atoms with E-state index in [1.54, 1.807) is 11.3 Å². The molecular weight excluding hydrogens is 328 g/mol. The molecule has 2 aromatic heterocycles. The molecule has 0 spiro atoms. The molecular formula is C20H22N4S. The summed E-state index contributed by atoms with van der Waals surface area (Å²) < 4.78 is 0. The lowest BCUT2D eigenvalue weighted by atomic mass is 9.89. The Morgan fingerprint density at radius 1 is 1.20 bits per heavy atom. The predicted molar refractivity (Wildman–Crippen MR) is 106 cm³/mol. The first-order valence-corrected chi connectivity index (χ1v) is 9.66. The summed E-state index contributed by atoms with van der Waals surface area (Å²) >= 11 is 1.70. The lowest BCUT2D eigenvalue weighted by Gasteiger charge is -2.19. The summed E-state index contributed by atoms with van der Waals surface area (Å²) in [6.07, 6.45) is 4.71. The maximum Gasteiger partial charge on any atom is 0.158 e. The minimum Gasteiger partial charge on any atom is -0.261 e. The van der Waals surface area contributed by atoms with Crippen LogP contribution in [-0.2, 0) is 0 Å². The summed E-state index contributed by atoms with van der Waals surface area (Å²) in [5, 5.41) is 5.70. The van der Waals surface area contributed by atoms with Crippen LogP contribution in [-0.4, -0.2) is 15.7 Å². The van der Waals surface area contributed by atoms with E-state index < -0.39 is 0 Å². The van der Waals surface area contributed by atoms with Crippen molar-refractivity contribution in [3.8, 4) is 10.4 Å². The van der Waals surface area contributed by atoms with Crippen molar-refractivity contribution in [1.29, 1.82) is 0 Å². The van der Waals surface area contributed by atoms with Gasteiger partial charge in [-0.2, -0.15) is 5.10 Å². The topological polar surface area (TPSA) is 50.2 Å². The molecule has 0 amide bonds. The molecule has 4 nitrogen and oxygen atoms in total. The van der Waals surface area contributed by atoms with Gasteiger partial charge in [0.15, 0.2) is 5.82 Å². The van der Waals surface area contributed by atoms with Crippen LogP contribution < -0.4 is 5.43 Å². The van der Waals surface area contributed by atoms with Crippen LogP contribution in [0.3, 0.4) is 0 Å². The van der Waals surface area contributed by atoms with Crippen LogP contribution in [0.15, 0.2) is 41.5 Å². The lowest BCUT2D eigenvalue weighted by molar-refractivity contribution is 0.500. The first-order valence-electron chi connectivity index (χ1n) is 8.84. The van der Waals surface area contributed by atoms with Gasteiger partial charge in [-0.3, -0.25) is 5.43 Å². The summed E-state index contributed by atoms with van der Waals surface area (Å²) in [5.74, 6) is 2.31. The molecule has 2 heterocycles. The molecule has 4 rings (SSSR count). The zero-order valence-corrected chi connectivity index (χ0v) is 15.4. The Morgan fingerprint density at radius 3 is 2.84 bits per heavy atom. The van der Waals surface area contributed by atoms with Gasteiger partial charge in [-0.25, -0.2) is 9.97 Å². The minimum atomic E-state index is 0.729. The Bertz CT molecular complexity index is 914. The fraction of sp³-hybridized carbons (Fsp3) is 0.350. The van der Waals surface area contributed by atoms with Crippen molar-refractivity contribution in [3.05, 3.63) is 42.2 Å². The quantitative estimate of drug-likeness (QED) is 0.621. The molecule has 1 N–H and O–H groups in total. The second-order valence-corrected chi connectivity index (χ2v) is 7.84. The number of aryl methyl sites for hydroxylation is 1. The van der Waals surface area contributed by atoms with Crippen molar-refractivity contribution in [1.82, 2.24) is 9.97 Å². The third-order valence-electron chi connectivity index (χ3n) is 4.63. The van der Waals surface area contributed by atoms with E-state index in [4.69, 9.17) is 0 Å². The number of fused-ring (bicyclic) bond motifs is 1. The van der Waals surface area contributed by atoms with Gasteiger partial charge in [0, 0.05) is 10.6 Å². The molecule has 25 heavy (non-hydrogen) atoms. The number of hydrogen-bond acceptors (Lipinski definition) is 5. The SMILES string of the molecule is Cc1nc(N/N=C2\CCC[C@H](C)C2)c2cc(-c3ccccc3)sc2n1. The van der Waals surface area contributed by atoms with E-state index in [0.29, 0.717) is 0 Å². The van der Waals surface area contributed by atoms with E-state index in [2.05, 4.69) is 57.8 Å². The van der Waals surface area contributed by atoms with Crippen molar-refractivity contribution >= 4 is 33.1 Å². The molecule has 3 aromatic rings. The van der Waals surface area contributed by atoms with Gasteiger partial charge in [-0.1, -0.05) is 37.3 Å². The van der Waals surface area contributed by atoms with Gasteiger partial charge < -0.3 is 0 Å². The van der Waals surface area contributed by atoms with Crippen molar-refractivity contribution < 1.29 is 0 Å². The fourth-order valence-corrected chi connectivity index (χ4v) is 4.43. The number of benzene rings is 1. The molecule has 5 heteroatoms. The average Bonchev–Trinajstić information content (AvgIpc) is 3.04. The second-order valence-electron chi connectivity index (χ2n) is 6.81. The molecule has 0 radical (unpaired) electrons. The third-order valence-corrected chi connectivity index (χ3v) is 5.71. The van der Waals surface area contributed by atoms with Crippen molar-refractivity contribution in [2.24, 2.45) is 11.0 Å². The van der Waals surface area contributed by atoms with E-state index >= 15 is 0 Å². The summed E-state index contributed by atoms with van der Waals surface area (Å²) in [4.78, 5) is 11.4. The molecule has 1 aromatic carbocycles. The van der Waals surface area contributed by atoms with Crippen LogP contribution in [0.4, 0.5) is 5.82 Å². The van der Waals surface area contributed by atoms with Crippen LogP contribution in [0.5, 0.6) is 0 Å². The van der Waals surface area contributed by atoms with Crippen LogP contribution in [0.2, 0.25) is 0 Å². The molecule has 0 aliphatic heterocycles. The third kappa shape index (κ3) is 3.56. The Kier molecular flexibility index (Phi) is 4.49. The maximum atomic E-state index is 4.66. The number of thiophene rings is 1. The molecule has 1 saturated carbocycles. The Labute approximate surface area is 152 Å². The van der Waals surface area contributed by atoms with Gasteiger partial charge in [0.2, 0.25) is 0 Å².